The van der Waals surface area contributed by atoms with E-state index in [1.807, 2.05) is 0 Å². The molecule has 1 aliphatic rings. The molecule has 2 aromatic heterocycles. The summed E-state index contributed by atoms with van der Waals surface area (Å²) >= 11 is 2.81. The highest BCUT2D eigenvalue weighted by molar-refractivity contribution is 7.99. The maximum atomic E-state index is 13.1. The van der Waals surface area contributed by atoms with Crippen molar-refractivity contribution in [1.82, 2.24) is 9.55 Å². The standard InChI is InChI=1S/C20H19N3O3S2/c1-2-9-23-19(26)17-14-7-4-8-15(14)28-18(17)22-20(23)27-11-16(25)21-12-5-3-6-13(24)10-12/h2-3,5-6,10,24H,1,4,7-9,11H2,(H,21,25). The van der Waals surface area contributed by atoms with Gasteiger partial charge < -0.3 is 10.4 Å². The van der Waals surface area contributed by atoms with Crippen molar-refractivity contribution in [3.8, 4) is 5.75 Å². The van der Waals surface area contributed by atoms with Crippen LogP contribution in [-0.4, -0.2) is 26.3 Å². The number of nitrogens with one attached hydrogen (secondary N) is 1. The predicted octanol–water partition coefficient (Wildman–Crippen LogP) is 3.57. The van der Waals surface area contributed by atoms with Crippen molar-refractivity contribution < 1.29 is 9.90 Å². The van der Waals surface area contributed by atoms with Gasteiger partial charge in [0.1, 0.15) is 10.6 Å². The number of rotatable bonds is 6. The van der Waals surface area contributed by atoms with E-state index in [9.17, 15) is 14.7 Å². The van der Waals surface area contributed by atoms with Crippen LogP contribution in [0.3, 0.4) is 0 Å². The first-order valence-corrected chi connectivity index (χ1v) is 10.7. The van der Waals surface area contributed by atoms with Gasteiger partial charge in [-0.05, 0) is 37.0 Å². The average Bonchev–Trinajstić information content (AvgIpc) is 3.23. The molecule has 4 rings (SSSR count). The number of carbonyl (C=O) groups is 1. The first kappa shape index (κ1) is 18.8. The Morgan fingerprint density at radius 2 is 2.29 bits per heavy atom. The lowest BCUT2D eigenvalue weighted by Gasteiger charge is -2.11. The second-order valence-corrected chi connectivity index (χ2v) is 8.55. The number of aryl methyl sites for hydroxylation is 2. The molecule has 0 saturated heterocycles. The van der Waals surface area contributed by atoms with Crippen molar-refractivity contribution in [3.63, 3.8) is 0 Å². The Hall–Kier alpha value is -2.58. The van der Waals surface area contributed by atoms with E-state index in [-0.39, 0.29) is 23.0 Å². The van der Waals surface area contributed by atoms with Gasteiger partial charge in [0.25, 0.3) is 5.56 Å². The summed E-state index contributed by atoms with van der Waals surface area (Å²) in [5.41, 5.74) is 1.61. The molecule has 28 heavy (non-hydrogen) atoms. The number of hydrogen-bond acceptors (Lipinski definition) is 6. The Balaban J connectivity index is 1.59. The number of phenols is 1. The van der Waals surface area contributed by atoms with E-state index < -0.39 is 0 Å². The summed E-state index contributed by atoms with van der Waals surface area (Å²) in [5.74, 6) is -0.0394. The fourth-order valence-corrected chi connectivity index (χ4v) is 5.48. The molecule has 0 fully saturated rings. The summed E-state index contributed by atoms with van der Waals surface area (Å²) in [6, 6.07) is 6.38. The van der Waals surface area contributed by atoms with Crippen LogP contribution in [0, 0.1) is 0 Å². The number of fused-ring (bicyclic) bond motifs is 3. The van der Waals surface area contributed by atoms with Crippen molar-refractivity contribution in [2.24, 2.45) is 0 Å². The molecule has 1 aromatic carbocycles. The zero-order valence-corrected chi connectivity index (χ0v) is 16.7. The highest BCUT2D eigenvalue weighted by Crippen LogP contribution is 2.35. The maximum absolute atomic E-state index is 13.1. The molecule has 0 unspecified atom stereocenters. The molecular weight excluding hydrogens is 394 g/mol. The quantitative estimate of drug-likeness (QED) is 0.367. The molecule has 6 nitrogen and oxygen atoms in total. The molecule has 0 spiro atoms. The number of nitrogens with zero attached hydrogens (tertiary/aromatic N) is 2. The summed E-state index contributed by atoms with van der Waals surface area (Å²) in [5, 5.41) is 13.5. The van der Waals surface area contributed by atoms with E-state index in [2.05, 4.69) is 16.9 Å². The zero-order chi connectivity index (χ0) is 19.7. The molecule has 0 bridgehead atoms. The molecule has 8 heteroatoms. The summed E-state index contributed by atoms with van der Waals surface area (Å²) in [6.45, 7) is 4.09. The summed E-state index contributed by atoms with van der Waals surface area (Å²) < 4.78 is 1.59. The molecule has 0 radical (unpaired) electrons. The first-order chi connectivity index (χ1) is 13.6. The monoisotopic (exact) mass is 413 g/mol. The molecule has 0 aliphatic heterocycles. The summed E-state index contributed by atoms with van der Waals surface area (Å²) in [6.07, 6.45) is 4.69. The second-order valence-electron chi connectivity index (χ2n) is 6.52. The molecule has 2 N–H and O–H groups in total. The number of benzene rings is 1. The smallest absolute Gasteiger partial charge is 0.263 e. The number of thioether (sulfide) groups is 1. The fraction of sp³-hybridized carbons (Fsp3) is 0.250. The van der Waals surface area contributed by atoms with Gasteiger partial charge >= 0.3 is 0 Å². The van der Waals surface area contributed by atoms with Crippen molar-refractivity contribution in [2.45, 2.75) is 31.0 Å². The van der Waals surface area contributed by atoms with Gasteiger partial charge in [-0.3, -0.25) is 14.2 Å². The lowest BCUT2D eigenvalue weighted by Crippen LogP contribution is -2.23. The van der Waals surface area contributed by atoms with E-state index in [0.717, 1.165) is 35.0 Å². The highest BCUT2D eigenvalue weighted by Gasteiger charge is 2.23. The van der Waals surface area contributed by atoms with Crippen LogP contribution in [-0.2, 0) is 24.2 Å². The second kappa shape index (κ2) is 7.81. The van der Waals surface area contributed by atoms with Crippen LogP contribution < -0.4 is 10.9 Å². The third-order valence-electron chi connectivity index (χ3n) is 4.56. The van der Waals surface area contributed by atoms with E-state index in [0.29, 0.717) is 17.4 Å². The molecule has 0 saturated carbocycles. The van der Waals surface area contributed by atoms with Crippen molar-refractivity contribution in [1.29, 1.82) is 0 Å². The lowest BCUT2D eigenvalue weighted by atomic mass is 10.2. The molecule has 1 amide bonds. The molecular formula is C20H19N3O3S2. The molecule has 1 aliphatic carbocycles. The molecule has 0 atom stereocenters. The Kier molecular flexibility index (Phi) is 5.23. The van der Waals surface area contributed by atoms with Crippen LogP contribution in [0.2, 0.25) is 0 Å². The molecule has 2 heterocycles. The zero-order valence-electron chi connectivity index (χ0n) is 15.1. The van der Waals surface area contributed by atoms with Crippen LogP contribution in [0.25, 0.3) is 10.2 Å². The number of allylic oxidation sites excluding steroid dienone is 1. The largest absolute Gasteiger partial charge is 0.508 e. The van der Waals surface area contributed by atoms with Gasteiger partial charge in [0, 0.05) is 23.2 Å². The van der Waals surface area contributed by atoms with E-state index >= 15 is 0 Å². The lowest BCUT2D eigenvalue weighted by molar-refractivity contribution is -0.113. The van der Waals surface area contributed by atoms with Gasteiger partial charge in [0.15, 0.2) is 5.16 Å². The van der Waals surface area contributed by atoms with Crippen LogP contribution >= 0.6 is 23.1 Å². The van der Waals surface area contributed by atoms with Crippen LogP contribution in [0.5, 0.6) is 5.75 Å². The Bertz CT molecular complexity index is 1130. The number of aromatic hydroxyl groups is 1. The highest BCUT2D eigenvalue weighted by atomic mass is 32.2. The van der Waals surface area contributed by atoms with Gasteiger partial charge in [-0.1, -0.05) is 23.9 Å². The predicted molar refractivity (Wildman–Crippen MR) is 114 cm³/mol. The number of phenolic OH excluding ortho intramolecular Hbond substituents is 1. The van der Waals surface area contributed by atoms with Crippen molar-refractivity contribution in [2.75, 3.05) is 11.1 Å². The molecule has 144 valence electrons. The third-order valence-corrected chi connectivity index (χ3v) is 6.73. The SMILES string of the molecule is C=CCn1c(SCC(=O)Nc2cccc(O)c2)nc2sc3c(c2c1=O)CCC3. The normalized spacial score (nSPS) is 12.9. The average molecular weight is 414 g/mol. The van der Waals surface area contributed by atoms with Gasteiger partial charge in [-0.2, -0.15) is 0 Å². The Morgan fingerprint density at radius 3 is 3.07 bits per heavy atom. The Morgan fingerprint density at radius 1 is 1.43 bits per heavy atom. The van der Waals surface area contributed by atoms with E-state index in [1.54, 1.807) is 34.1 Å². The number of thiophene rings is 1. The minimum Gasteiger partial charge on any atom is -0.508 e. The van der Waals surface area contributed by atoms with Crippen molar-refractivity contribution >= 4 is 44.9 Å². The number of aromatic nitrogens is 2. The van der Waals surface area contributed by atoms with Crippen LogP contribution in [0.4, 0.5) is 5.69 Å². The third kappa shape index (κ3) is 3.57. The van der Waals surface area contributed by atoms with Crippen LogP contribution in [0.15, 0.2) is 46.9 Å². The number of anilines is 1. The maximum Gasteiger partial charge on any atom is 0.263 e. The van der Waals surface area contributed by atoms with E-state index in [1.165, 1.54) is 28.8 Å². The van der Waals surface area contributed by atoms with Gasteiger partial charge in [-0.25, -0.2) is 4.98 Å². The van der Waals surface area contributed by atoms with Gasteiger partial charge in [0.2, 0.25) is 5.91 Å². The topological polar surface area (TPSA) is 84.2 Å². The number of carbonyl (C=O) groups excluding carboxylic acids is 1. The van der Waals surface area contributed by atoms with Crippen molar-refractivity contribution in [3.05, 3.63) is 57.7 Å². The fourth-order valence-electron chi connectivity index (χ4n) is 3.37. The summed E-state index contributed by atoms with van der Waals surface area (Å²) in [4.78, 5) is 32.1. The van der Waals surface area contributed by atoms with Gasteiger partial charge in [0.05, 0.1) is 11.1 Å². The summed E-state index contributed by atoms with van der Waals surface area (Å²) in [7, 11) is 0. The first-order valence-electron chi connectivity index (χ1n) is 8.94. The molecule has 3 aromatic rings. The van der Waals surface area contributed by atoms with Gasteiger partial charge in [-0.15, -0.1) is 17.9 Å². The Labute approximate surface area is 169 Å². The minimum atomic E-state index is -0.233. The number of hydrogen-bond donors (Lipinski definition) is 2. The van der Waals surface area contributed by atoms with Crippen LogP contribution in [0.1, 0.15) is 16.9 Å². The number of amides is 1. The van der Waals surface area contributed by atoms with E-state index in [4.69, 9.17) is 0 Å². The minimum absolute atomic E-state index is 0.0554.